The van der Waals surface area contributed by atoms with Crippen LogP contribution in [0.4, 0.5) is 8.78 Å². The van der Waals surface area contributed by atoms with E-state index in [1.54, 1.807) is 4.90 Å². The molecule has 0 fully saturated rings. The van der Waals surface area contributed by atoms with Gasteiger partial charge in [0.05, 0.1) is 0 Å². The quantitative estimate of drug-likeness (QED) is 0.295. The average molecular weight is 465 g/mol. The van der Waals surface area contributed by atoms with Gasteiger partial charge in [-0.25, -0.2) is 4.79 Å². The number of benzene rings is 3. The van der Waals surface area contributed by atoms with E-state index in [0.717, 1.165) is 11.1 Å². The van der Waals surface area contributed by atoms with Crippen molar-refractivity contribution in [3.05, 3.63) is 108 Å². The number of hydrogen-bond donors (Lipinski definition) is 0. The Bertz CT molecular complexity index is 1050. The summed E-state index contributed by atoms with van der Waals surface area (Å²) in [7, 11) is 0. The van der Waals surface area contributed by atoms with Crippen LogP contribution in [0.3, 0.4) is 0 Å². The molecule has 7 heteroatoms. The van der Waals surface area contributed by atoms with Crippen LogP contribution in [0.5, 0.6) is 5.75 Å². The number of amides is 1. The van der Waals surface area contributed by atoms with Crippen molar-refractivity contribution in [1.82, 2.24) is 4.90 Å². The van der Waals surface area contributed by atoms with Crippen molar-refractivity contribution in [1.29, 1.82) is 0 Å². The maximum absolute atomic E-state index is 13.1. The second-order valence-electron chi connectivity index (χ2n) is 7.53. The van der Waals surface area contributed by atoms with Crippen LogP contribution < -0.4 is 4.74 Å². The van der Waals surface area contributed by atoms with Crippen molar-refractivity contribution in [2.24, 2.45) is 0 Å². The molecule has 1 unspecified atom stereocenters. The van der Waals surface area contributed by atoms with Gasteiger partial charge in [-0.2, -0.15) is 8.78 Å². The zero-order valence-corrected chi connectivity index (χ0v) is 18.6. The standard InChI is InChI=1S/C27H25F2NO4/c1-20(33-25(31)17-14-21-12-15-24(16-13-21)34-27(28)29)26(32)30(18-22-8-4-2-5-9-22)19-23-10-6-3-7-11-23/h2-17,20,27H,18-19H2,1H3/b17-14+. The molecule has 0 bridgehead atoms. The van der Waals surface area contributed by atoms with Crippen molar-refractivity contribution in [3.8, 4) is 5.75 Å². The van der Waals surface area contributed by atoms with Crippen LogP contribution in [0.1, 0.15) is 23.6 Å². The summed E-state index contributed by atoms with van der Waals surface area (Å²) in [6.45, 7) is -0.620. The first-order valence-electron chi connectivity index (χ1n) is 10.7. The van der Waals surface area contributed by atoms with Crippen LogP contribution in [-0.2, 0) is 27.4 Å². The van der Waals surface area contributed by atoms with Gasteiger partial charge in [0.15, 0.2) is 6.10 Å². The Morgan fingerprint density at radius 1 is 0.853 bits per heavy atom. The largest absolute Gasteiger partial charge is 0.449 e. The highest BCUT2D eigenvalue weighted by atomic mass is 19.3. The Balaban J connectivity index is 1.62. The minimum atomic E-state index is -2.90. The van der Waals surface area contributed by atoms with Gasteiger partial charge in [-0.1, -0.05) is 72.8 Å². The molecule has 0 spiro atoms. The van der Waals surface area contributed by atoms with Gasteiger partial charge < -0.3 is 14.4 Å². The SMILES string of the molecule is CC(OC(=O)/C=C/c1ccc(OC(F)F)cc1)C(=O)N(Cc1ccccc1)Cc1ccccc1. The van der Waals surface area contributed by atoms with E-state index in [1.165, 1.54) is 43.3 Å². The van der Waals surface area contributed by atoms with E-state index in [9.17, 15) is 18.4 Å². The van der Waals surface area contributed by atoms with E-state index in [2.05, 4.69) is 4.74 Å². The second kappa shape index (κ2) is 12.3. The monoisotopic (exact) mass is 465 g/mol. The smallest absolute Gasteiger partial charge is 0.387 e. The number of ether oxygens (including phenoxy) is 2. The molecule has 0 aliphatic heterocycles. The van der Waals surface area contributed by atoms with E-state index < -0.39 is 18.7 Å². The molecule has 3 aromatic carbocycles. The summed E-state index contributed by atoms with van der Waals surface area (Å²) in [5.74, 6) is -0.984. The van der Waals surface area contributed by atoms with E-state index in [1.807, 2.05) is 60.7 Å². The first-order valence-corrected chi connectivity index (χ1v) is 10.7. The van der Waals surface area contributed by atoms with Gasteiger partial charge in [0.1, 0.15) is 5.75 Å². The Labute approximate surface area is 197 Å². The van der Waals surface area contributed by atoms with Crippen LogP contribution >= 0.6 is 0 Å². The zero-order valence-electron chi connectivity index (χ0n) is 18.6. The van der Waals surface area contributed by atoms with Gasteiger partial charge in [-0.15, -0.1) is 0 Å². The Morgan fingerprint density at radius 3 is 1.88 bits per heavy atom. The number of halogens is 2. The molecular weight excluding hydrogens is 440 g/mol. The maximum Gasteiger partial charge on any atom is 0.387 e. The zero-order chi connectivity index (χ0) is 24.3. The first-order chi connectivity index (χ1) is 16.4. The lowest BCUT2D eigenvalue weighted by Crippen LogP contribution is -2.39. The summed E-state index contributed by atoms with van der Waals surface area (Å²) in [5, 5.41) is 0. The lowest BCUT2D eigenvalue weighted by Gasteiger charge is -2.26. The Morgan fingerprint density at radius 2 is 1.38 bits per heavy atom. The second-order valence-corrected chi connectivity index (χ2v) is 7.53. The number of nitrogens with zero attached hydrogens (tertiary/aromatic N) is 1. The fraction of sp³-hybridized carbons (Fsp3) is 0.185. The summed E-state index contributed by atoms with van der Waals surface area (Å²) >= 11 is 0. The molecule has 0 saturated heterocycles. The molecular formula is C27H25F2NO4. The minimum absolute atomic E-state index is 0.0193. The van der Waals surface area contributed by atoms with Gasteiger partial charge >= 0.3 is 12.6 Å². The van der Waals surface area contributed by atoms with Crippen molar-refractivity contribution in [2.75, 3.05) is 0 Å². The van der Waals surface area contributed by atoms with Crippen molar-refractivity contribution in [3.63, 3.8) is 0 Å². The van der Waals surface area contributed by atoms with Crippen LogP contribution in [0.2, 0.25) is 0 Å². The average Bonchev–Trinajstić information content (AvgIpc) is 2.83. The van der Waals surface area contributed by atoms with Gasteiger partial charge in [0, 0.05) is 19.2 Å². The highest BCUT2D eigenvalue weighted by Crippen LogP contribution is 2.16. The lowest BCUT2D eigenvalue weighted by molar-refractivity contribution is -0.156. The molecule has 0 N–H and O–H groups in total. The number of hydrogen-bond acceptors (Lipinski definition) is 4. The molecule has 0 aliphatic rings. The van der Waals surface area contributed by atoms with Crippen molar-refractivity contribution in [2.45, 2.75) is 32.7 Å². The van der Waals surface area contributed by atoms with Crippen LogP contribution in [-0.4, -0.2) is 29.5 Å². The molecule has 3 aromatic rings. The fourth-order valence-electron chi connectivity index (χ4n) is 3.27. The third-order valence-corrected chi connectivity index (χ3v) is 4.90. The molecule has 0 aliphatic carbocycles. The molecule has 0 radical (unpaired) electrons. The van der Waals surface area contributed by atoms with E-state index in [-0.39, 0.29) is 11.7 Å². The number of alkyl halides is 2. The van der Waals surface area contributed by atoms with Crippen molar-refractivity contribution < 1.29 is 27.8 Å². The molecule has 34 heavy (non-hydrogen) atoms. The molecule has 1 atom stereocenters. The number of carbonyl (C=O) groups excluding carboxylic acids is 2. The highest BCUT2D eigenvalue weighted by Gasteiger charge is 2.23. The van der Waals surface area contributed by atoms with Crippen LogP contribution in [0.25, 0.3) is 6.08 Å². The van der Waals surface area contributed by atoms with E-state index in [4.69, 9.17) is 4.74 Å². The Kier molecular flexibility index (Phi) is 8.91. The normalized spacial score (nSPS) is 11.9. The molecule has 3 rings (SSSR count). The lowest BCUT2D eigenvalue weighted by atomic mass is 10.1. The van der Waals surface area contributed by atoms with Gasteiger partial charge in [0.2, 0.25) is 0 Å². The highest BCUT2D eigenvalue weighted by molar-refractivity contribution is 5.90. The predicted molar refractivity (Wildman–Crippen MR) is 125 cm³/mol. The van der Waals surface area contributed by atoms with Crippen LogP contribution in [0.15, 0.2) is 91.0 Å². The topological polar surface area (TPSA) is 55.8 Å². The first kappa shape index (κ1) is 24.6. The summed E-state index contributed by atoms with van der Waals surface area (Å²) < 4.78 is 34.1. The molecule has 176 valence electrons. The summed E-state index contributed by atoms with van der Waals surface area (Å²) in [4.78, 5) is 27.1. The predicted octanol–water partition coefficient (Wildman–Crippen LogP) is 5.46. The Hall–Kier alpha value is -4.00. The number of carbonyl (C=O) groups is 2. The number of esters is 1. The summed E-state index contributed by atoms with van der Waals surface area (Å²) in [6, 6.07) is 24.9. The fourth-order valence-corrected chi connectivity index (χ4v) is 3.27. The van der Waals surface area contributed by atoms with Crippen molar-refractivity contribution >= 4 is 18.0 Å². The molecule has 0 aromatic heterocycles. The third kappa shape index (κ3) is 7.85. The minimum Gasteiger partial charge on any atom is -0.449 e. The number of rotatable bonds is 10. The van der Waals surface area contributed by atoms with Gasteiger partial charge in [-0.3, -0.25) is 4.79 Å². The van der Waals surface area contributed by atoms with E-state index >= 15 is 0 Å². The van der Waals surface area contributed by atoms with Gasteiger partial charge in [0.25, 0.3) is 5.91 Å². The van der Waals surface area contributed by atoms with Gasteiger partial charge in [-0.05, 0) is 41.8 Å². The van der Waals surface area contributed by atoms with E-state index in [0.29, 0.717) is 18.7 Å². The summed E-state index contributed by atoms with van der Waals surface area (Å²) in [5.41, 5.74) is 2.52. The molecule has 0 saturated carbocycles. The molecule has 5 nitrogen and oxygen atoms in total. The summed E-state index contributed by atoms with van der Waals surface area (Å²) in [6.07, 6.45) is 1.66. The van der Waals surface area contributed by atoms with Crippen LogP contribution in [0, 0.1) is 0 Å². The molecule has 0 heterocycles. The maximum atomic E-state index is 13.1. The third-order valence-electron chi connectivity index (χ3n) is 4.90. The molecule has 1 amide bonds.